The Labute approximate surface area is 138 Å². The van der Waals surface area contributed by atoms with E-state index in [1.54, 1.807) is 0 Å². The Hall–Kier alpha value is -1.69. The Morgan fingerprint density at radius 2 is 1.91 bits per heavy atom. The van der Waals surface area contributed by atoms with Gasteiger partial charge in [0.25, 0.3) is 0 Å². The van der Waals surface area contributed by atoms with Crippen LogP contribution in [-0.2, 0) is 0 Å². The number of carbonyl (C=O) groups is 1. The summed E-state index contributed by atoms with van der Waals surface area (Å²) in [7, 11) is 0. The lowest BCUT2D eigenvalue weighted by Gasteiger charge is -2.12. The van der Waals surface area contributed by atoms with Gasteiger partial charge in [0.05, 0.1) is 5.25 Å². The number of Topliss-reactive ketones (excluding diaryl/α,β-unsaturated/α-hetero) is 1. The van der Waals surface area contributed by atoms with Crippen LogP contribution in [-0.4, -0.2) is 25.8 Å². The van der Waals surface area contributed by atoms with Crippen LogP contribution in [0.5, 0.6) is 0 Å². The summed E-state index contributed by atoms with van der Waals surface area (Å²) < 4.78 is 15.2. The van der Waals surface area contributed by atoms with Crippen LogP contribution in [0.2, 0.25) is 0 Å². The SMILES string of the molecule is C[C@@H](Sc1nnc(C2CC2)n1C1CC1)C(=O)c1ccc(F)cc1. The standard InChI is InChI=1S/C17H18FN3OS/c1-10(15(22)11-4-6-13(18)7-5-11)23-17-20-19-16(12-2-3-12)21(17)14-8-9-14/h4-7,10,12,14H,2-3,8-9H2,1H3/t10-/m1/s1. The van der Waals surface area contributed by atoms with E-state index in [4.69, 9.17) is 0 Å². The molecule has 1 aromatic heterocycles. The number of aromatic nitrogens is 3. The number of carbonyl (C=O) groups excluding carboxylic acids is 1. The first kappa shape index (κ1) is 14.9. The Morgan fingerprint density at radius 3 is 2.52 bits per heavy atom. The van der Waals surface area contributed by atoms with Crippen molar-refractivity contribution >= 4 is 17.5 Å². The van der Waals surface area contributed by atoms with Crippen molar-refractivity contribution in [1.29, 1.82) is 0 Å². The van der Waals surface area contributed by atoms with Gasteiger partial charge in [-0.05, 0) is 56.9 Å². The summed E-state index contributed by atoms with van der Waals surface area (Å²) in [6, 6.07) is 6.23. The fraction of sp³-hybridized carbons (Fsp3) is 0.471. The lowest BCUT2D eigenvalue weighted by molar-refractivity contribution is 0.0994. The van der Waals surface area contributed by atoms with Crippen LogP contribution in [0.4, 0.5) is 4.39 Å². The van der Waals surface area contributed by atoms with Gasteiger partial charge in [-0.25, -0.2) is 4.39 Å². The van der Waals surface area contributed by atoms with Gasteiger partial charge in [0.1, 0.15) is 11.6 Å². The number of ketones is 1. The first-order valence-corrected chi connectivity index (χ1v) is 8.92. The highest BCUT2D eigenvalue weighted by atomic mass is 32.2. The second-order valence-corrected chi connectivity index (χ2v) is 7.66. The number of thioether (sulfide) groups is 1. The van der Waals surface area contributed by atoms with Crippen molar-refractivity contribution < 1.29 is 9.18 Å². The third kappa shape index (κ3) is 3.04. The van der Waals surface area contributed by atoms with Crippen LogP contribution < -0.4 is 0 Å². The summed E-state index contributed by atoms with van der Waals surface area (Å²) in [6.45, 7) is 1.87. The van der Waals surface area contributed by atoms with E-state index in [1.165, 1.54) is 61.7 Å². The third-order valence-corrected chi connectivity index (χ3v) is 5.38. The minimum Gasteiger partial charge on any atom is -0.303 e. The molecule has 4 nitrogen and oxygen atoms in total. The summed E-state index contributed by atoms with van der Waals surface area (Å²) in [5.74, 6) is 1.31. The summed E-state index contributed by atoms with van der Waals surface area (Å²) >= 11 is 1.46. The average molecular weight is 331 g/mol. The molecule has 0 radical (unpaired) electrons. The highest BCUT2D eigenvalue weighted by molar-refractivity contribution is 8.00. The number of benzene rings is 1. The zero-order valence-electron chi connectivity index (χ0n) is 12.9. The van der Waals surface area contributed by atoms with E-state index in [2.05, 4.69) is 14.8 Å². The fourth-order valence-corrected chi connectivity index (χ4v) is 3.73. The van der Waals surface area contributed by atoms with Crippen molar-refractivity contribution in [2.24, 2.45) is 0 Å². The molecule has 0 N–H and O–H groups in total. The van der Waals surface area contributed by atoms with Crippen LogP contribution in [0.15, 0.2) is 29.4 Å². The molecule has 6 heteroatoms. The summed E-state index contributed by atoms with van der Waals surface area (Å²) in [5.41, 5.74) is 0.534. The van der Waals surface area contributed by atoms with Gasteiger partial charge in [0.15, 0.2) is 10.9 Å². The molecule has 0 bridgehead atoms. The van der Waals surface area contributed by atoms with Gasteiger partial charge < -0.3 is 4.57 Å². The molecule has 1 aromatic carbocycles. The van der Waals surface area contributed by atoms with Gasteiger partial charge in [-0.1, -0.05) is 11.8 Å². The maximum absolute atomic E-state index is 13.0. The molecule has 0 spiro atoms. The minimum absolute atomic E-state index is 0.00619. The topological polar surface area (TPSA) is 47.8 Å². The van der Waals surface area contributed by atoms with Gasteiger partial charge in [-0.3, -0.25) is 4.79 Å². The van der Waals surface area contributed by atoms with Gasteiger partial charge >= 0.3 is 0 Å². The molecule has 1 atom stereocenters. The number of hydrogen-bond acceptors (Lipinski definition) is 4. The average Bonchev–Trinajstić information content (AvgIpc) is 3.46. The van der Waals surface area contributed by atoms with E-state index < -0.39 is 0 Å². The van der Waals surface area contributed by atoms with Crippen molar-refractivity contribution in [2.75, 3.05) is 0 Å². The molecule has 120 valence electrons. The molecule has 0 aliphatic heterocycles. The summed E-state index contributed by atoms with van der Waals surface area (Å²) in [4.78, 5) is 12.5. The molecular weight excluding hydrogens is 313 g/mol. The number of nitrogens with zero attached hydrogens (tertiary/aromatic N) is 3. The maximum Gasteiger partial charge on any atom is 0.192 e. The van der Waals surface area contributed by atoms with Crippen molar-refractivity contribution in [3.05, 3.63) is 41.5 Å². The van der Waals surface area contributed by atoms with Gasteiger partial charge in [-0.15, -0.1) is 10.2 Å². The molecule has 2 fully saturated rings. The lowest BCUT2D eigenvalue weighted by atomic mass is 10.1. The molecule has 4 rings (SSSR count). The van der Waals surface area contributed by atoms with Crippen molar-refractivity contribution in [3.63, 3.8) is 0 Å². The fourth-order valence-electron chi connectivity index (χ4n) is 2.73. The molecule has 2 aliphatic carbocycles. The first-order valence-electron chi connectivity index (χ1n) is 8.04. The third-order valence-electron chi connectivity index (χ3n) is 4.33. The van der Waals surface area contributed by atoms with Crippen LogP contribution in [0.3, 0.4) is 0 Å². The zero-order chi connectivity index (χ0) is 16.0. The monoisotopic (exact) mass is 331 g/mol. The summed E-state index contributed by atoms with van der Waals surface area (Å²) in [5, 5.41) is 9.28. The van der Waals surface area contributed by atoms with Crippen LogP contribution in [0.1, 0.15) is 60.7 Å². The molecule has 23 heavy (non-hydrogen) atoms. The largest absolute Gasteiger partial charge is 0.303 e. The second kappa shape index (κ2) is 5.74. The molecule has 0 amide bonds. The number of halogens is 1. The predicted molar refractivity (Wildman–Crippen MR) is 86.3 cm³/mol. The Morgan fingerprint density at radius 1 is 1.22 bits per heavy atom. The van der Waals surface area contributed by atoms with Crippen LogP contribution in [0, 0.1) is 5.82 Å². The number of hydrogen-bond donors (Lipinski definition) is 0. The van der Waals surface area contributed by atoms with Crippen molar-refractivity contribution in [3.8, 4) is 0 Å². The second-order valence-electron chi connectivity index (χ2n) is 6.35. The highest BCUT2D eigenvalue weighted by Crippen LogP contribution is 2.46. The van der Waals surface area contributed by atoms with E-state index in [0.717, 1.165) is 11.0 Å². The van der Waals surface area contributed by atoms with E-state index in [0.29, 0.717) is 17.5 Å². The molecule has 0 saturated heterocycles. The quantitative estimate of drug-likeness (QED) is 0.593. The van der Waals surface area contributed by atoms with Gasteiger partial charge in [0, 0.05) is 17.5 Å². The van der Waals surface area contributed by atoms with Gasteiger partial charge in [0.2, 0.25) is 0 Å². The number of rotatable bonds is 6. The Bertz CT molecular complexity index is 735. The van der Waals surface area contributed by atoms with E-state index in [-0.39, 0.29) is 16.9 Å². The van der Waals surface area contributed by atoms with Crippen molar-refractivity contribution in [1.82, 2.24) is 14.8 Å². The van der Waals surface area contributed by atoms with E-state index >= 15 is 0 Å². The Kier molecular flexibility index (Phi) is 3.71. The summed E-state index contributed by atoms with van der Waals surface area (Å²) in [6.07, 6.45) is 4.73. The predicted octanol–water partition coefficient (Wildman–Crippen LogP) is 3.99. The Balaban J connectivity index is 1.53. The van der Waals surface area contributed by atoms with Crippen LogP contribution in [0.25, 0.3) is 0 Å². The molecular formula is C17H18FN3OS. The molecule has 2 saturated carbocycles. The smallest absolute Gasteiger partial charge is 0.192 e. The normalized spacial score (nSPS) is 18.9. The highest BCUT2D eigenvalue weighted by Gasteiger charge is 2.37. The molecule has 2 aliphatic rings. The molecule has 2 aromatic rings. The van der Waals surface area contributed by atoms with E-state index in [1.807, 2.05) is 6.92 Å². The minimum atomic E-state index is -0.329. The lowest BCUT2D eigenvalue weighted by Crippen LogP contribution is -2.15. The van der Waals surface area contributed by atoms with Crippen molar-refractivity contribution in [2.45, 2.75) is 55.0 Å². The molecule has 1 heterocycles. The zero-order valence-corrected chi connectivity index (χ0v) is 13.7. The first-order chi connectivity index (χ1) is 11.1. The maximum atomic E-state index is 13.0. The van der Waals surface area contributed by atoms with Crippen LogP contribution >= 0.6 is 11.8 Å². The molecule has 0 unspecified atom stereocenters. The van der Waals surface area contributed by atoms with Gasteiger partial charge in [-0.2, -0.15) is 0 Å². The van der Waals surface area contributed by atoms with E-state index in [9.17, 15) is 9.18 Å².